The summed E-state index contributed by atoms with van der Waals surface area (Å²) in [5.41, 5.74) is 0. The molecule has 1 atom stereocenters. The fourth-order valence-electron chi connectivity index (χ4n) is 2.37. The van der Waals surface area contributed by atoms with Gasteiger partial charge in [0, 0.05) is 6.42 Å². The summed E-state index contributed by atoms with van der Waals surface area (Å²) in [7, 11) is 0. The molecule has 0 rings (SSSR count). The Balaban J connectivity index is 3.55. The van der Waals surface area contributed by atoms with Gasteiger partial charge in [-0.15, -0.1) is 0 Å². The Bertz CT molecular complexity index is 497. The zero-order valence-electron chi connectivity index (χ0n) is 17.6. The molecule has 1 unspecified atom stereocenters. The van der Waals surface area contributed by atoms with E-state index in [1.165, 1.54) is 0 Å². The molecule has 0 amide bonds. The molecular weight excluding hydrogens is 352 g/mol. The predicted octanol–water partition coefficient (Wildman–Crippen LogP) is 6.72. The molecule has 4 heteroatoms. The number of carbonyl (C=O) groups excluding carboxylic acids is 1. The lowest BCUT2D eigenvalue weighted by atomic mass is 10.1. The zero-order chi connectivity index (χ0) is 20.7. The van der Waals surface area contributed by atoms with Crippen LogP contribution in [0.4, 0.5) is 0 Å². The van der Waals surface area contributed by atoms with Gasteiger partial charge >= 0.3 is 5.97 Å². The lowest BCUT2D eigenvalue weighted by Crippen LogP contribution is -2.03. The summed E-state index contributed by atoms with van der Waals surface area (Å²) in [4.78, 5) is 15.5. The van der Waals surface area contributed by atoms with Crippen LogP contribution in [0.2, 0.25) is 0 Å². The van der Waals surface area contributed by atoms with Crippen LogP contribution in [0.15, 0.2) is 60.8 Å². The Kier molecular flexibility index (Phi) is 19.9. The van der Waals surface area contributed by atoms with E-state index in [0.717, 1.165) is 51.4 Å². The first-order valence-electron chi connectivity index (χ1n) is 10.5. The monoisotopic (exact) mass is 390 g/mol. The van der Waals surface area contributed by atoms with E-state index in [0.29, 0.717) is 13.0 Å². The SMILES string of the molecule is CCOC(=O)CCCCC/C=C\C/C=C\C/C=C\C/C=C\C=C/C(CC)OO. The summed E-state index contributed by atoms with van der Waals surface area (Å²) >= 11 is 0. The molecule has 0 radical (unpaired) electrons. The fourth-order valence-corrected chi connectivity index (χ4v) is 2.37. The molecule has 0 aliphatic carbocycles. The Labute approximate surface area is 171 Å². The number of allylic oxidation sites excluding steroid dienone is 9. The molecule has 0 aromatic carbocycles. The maximum absolute atomic E-state index is 11.2. The number of rotatable bonds is 17. The van der Waals surface area contributed by atoms with Crippen molar-refractivity contribution in [3.63, 3.8) is 0 Å². The van der Waals surface area contributed by atoms with Gasteiger partial charge in [0.1, 0.15) is 6.10 Å². The Hall–Kier alpha value is -1.91. The third kappa shape index (κ3) is 18.9. The van der Waals surface area contributed by atoms with Crippen LogP contribution in [0.1, 0.15) is 71.6 Å². The van der Waals surface area contributed by atoms with Crippen molar-refractivity contribution in [3.05, 3.63) is 60.8 Å². The maximum Gasteiger partial charge on any atom is 0.305 e. The topological polar surface area (TPSA) is 55.8 Å². The molecule has 0 spiro atoms. The number of unbranched alkanes of at least 4 members (excludes halogenated alkanes) is 3. The lowest BCUT2D eigenvalue weighted by Gasteiger charge is -2.02. The van der Waals surface area contributed by atoms with Gasteiger partial charge in [0.25, 0.3) is 0 Å². The van der Waals surface area contributed by atoms with Crippen molar-refractivity contribution in [2.24, 2.45) is 0 Å². The standard InChI is InChI=1S/C24H38O4/c1-3-23(28-26)21-19-17-15-13-11-9-7-5-6-8-10-12-14-16-18-20-22-24(25)27-4-2/h5-6,9-12,15,17,19,21,23,26H,3-4,7-8,13-14,16,18,20,22H2,1-2H3/b6-5-,11-9-,12-10-,17-15-,21-19-. The average molecular weight is 391 g/mol. The van der Waals surface area contributed by atoms with Crippen molar-refractivity contribution in [2.75, 3.05) is 6.61 Å². The maximum atomic E-state index is 11.2. The van der Waals surface area contributed by atoms with E-state index in [-0.39, 0.29) is 12.1 Å². The average Bonchev–Trinajstić information content (AvgIpc) is 2.70. The summed E-state index contributed by atoms with van der Waals surface area (Å²) in [6.07, 6.45) is 28.9. The second kappa shape index (κ2) is 21.4. The molecule has 0 saturated carbocycles. The van der Waals surface area contributed by atoms with Crippen molar-refractivity contribution >= 4 is 5.97 Å². The van der Waals surface area contributed by atoms with E-state index in [1.807, 2.05) is 32.1 Å². The molecule has 0 aromatic rings. The third-order valence-corrected chi connectivity index (χ3v) is 3.98. The Morgan fingerprint density at radius 3 is 2.11 bits per heavy atom. The molecule has 0 aliphatic heterocycles. The van der Waals surface area contributed by atoms with Gasteiger partial charge in [0.05, 0.1) is 6.61 Å². The highest BCUT2D eigenvalue weighted by molar-refractivity contribution is 5.69. The van der Waals surface area contributed by atoms with Crippen LogP contribution in [0, 0.1) is 0 Å². The van der Waals surface area contributed by atoms with Crippen LogP contribution in [-0.2, 0) is 14.4 Å². The fraction of sp³-hybridized carbons (Fsp3) is 0.542. The van der Waals surface area contributed by atoms with E-state index >= 15 is 0 Å². The van der Waals surface area contributed by atoms with E-state index < -0.39 is 0 Å². The first-order chi connectivity index (χ1) is 13.7. The minimum absolute atomic E-state index is 0.0802. The van der Waals surface area contributed by atoms with Crippen molar-refractivity contribution in [3.8, 4) is 0 Å². The smallest absolute Gasteiger partial charge is 0.305 e. The van der Waals surface area contributed by atoms with Crippen molar-refractivity contribution in [2.45, 2.75) is 77.7 Å². The largest absolute Gasteiger partial charge is 0.466 e. The van der Waals surface area contributed by atoms with E-state index in [9.17, 15) is 4.79 Å². The van der Waals surface area contributed by atoms with Gasteiger partial charge in [0.15, 0.2) is 0 Å². The minimum Gasteiger partial charge on any atom is -0.466 e. The number of hydrogen-bond donors (Lipinski definition) is 1. The number of ether oxygens (including phenoxy) is 1. The zero-order valence-corrected chi connectivity index (χ0v) is 17.6. The van der Waals surface area contributed by atoms with Gasteiger partial charge in [-0.3, -0.25) is 10.1 Å². The third-order valence-electron chi connectivity index (χ3n) is 3.98. The number of carbonyl (C=O) groups is 1. The molecular formula is C24H38O4. The molecule has 158 valence electrons. The van der Waals surface area contributed by atoms with Gasteiger partial charge in [-0.2, -0.15) is 0 Å². The summed E-state index contributed by atoms with van der Waals surface area (Å²) < 4.78 is 4.90. The van der Waals surface area contributed by atoms with Gasteiger partial charge in [-0.1, -0.05) is 74.1 Å². The van der Waals surface area contributed by atoms with Gasteiger partial charge in [0.2, 0.25) is 0 Å². The first-order valence-corrected chi connectivity index (χ1v) is 10.5. The van der Waals surface area contributed by atoms with Crippen molar-refractivity contribution in [1.29, 1.82) is 0 Å². The molecule has 0 saturated heterocycles. The molecule has 4 nitrogen and oxygen atoms in total. The van der Waals surface area contributed by atoms with Crippen LogP contribution >= 0.6 is 0 Å². The quantitative estimate of drug-likeness (QED) is 0.0748. The number of esters is 1. The molecule has 28 heavy (non-hydrogen) atoms. The molecule has 0 heterocycles. The van der Waals surface area contributed by atoms with Crippen LogP contribution in [0.3, 0.4) is 0 Å². The van der Waals surface area contributed by atoms with Gasteiger partial charge < -0.3 is 4.74 Å². The summed E-state index contributed by atoms with van der Waals surface area (Å²) in [5.74, 6) is -0.0802. The lowest BCUT2D eigenvalue weighted by molar-refractivity contribution is -0.266. The molecule has 0 bridgehead atoms. The summed E-state index contributed by atoms with van der Waals surface area (Å²) in [5, 5.41) is 8.58. The highest BCUT2D eigenvalue weighted by Gasteiger charge is 1.99. The van der Waals surface area contributed by atoms with Gasteiger partial charge in [-0.05, 0) is 51.9 Å². The van der Waals surface area contributed by atoms with E-state index in [2.05, 4.69) is 47.4 Å². The number of hydrogen-bond acceptors (Lipinski definition) is 4. The predicted molar refractivity (Wildman–Crippen MR) is 117 cm³/mol. The first kappa shape index (κ1) is 26.1. The second-order valence-corrected chi connectivity index (χ2v) is 6.39. The Morgan fingerprint density at radius 1 is 0.857 bits per heavy atom. The highest BCUT2D eigenvalue weighted by atomic mass is 17.1. The molecule has 0 aromatic heterocycles. The summed E-state index contributed by atoms with van der Waals surface area (Å²) in [6.45, 7) is 4.27. The van der Waals surface area contributed by atoms with Crippen LogP contribution in [-0.4, -0.2) is 23.9 Å². The second-order valence-electron chi connectivity index (χ2n) is 6.39. The molecule has 0 aliphatic rings. The highest BCUT2D eigenvalue weighted by Crippen LogP contribution is 2.05. The van der Waals surface area contributed by atoms with E-state index in [1.54, 1.807) is 0 Å². The normalized spacial score (nSPS) is 13.7. The van der Waals surface area contributed by atoms with Crippen LogP contribution in [0.5, 0.6) is 0 Å². The van der Waals surface area contributed by atoms with Crippen molar-refractivity contribution in [1.82, 2.24) is 0 Å². The minimum atomic E-state index is -0.226. The van der Waals surface area contributed by atoms with E-state index in [4.69, 9.17) is 9.99 Å². The van der Waals surface area contributed by atoms with Crippen LogP contribution < -0.4 is 0 Å². The van der Waals surface area contributed by atoms with Gasteiger partial charge in [-0.25, -0.2) is 4.89 Å². The van der Waals surface area contributed by atoms with Crippen LogP contribution in [0.25, 0.3) is 0 Å². The van der Waals surface area contributed by atoms with Crippen molar-refractivity contribution < 1.29 is 19.7 Å². The molecule has 0 fully saturated rings. The summed E-state index contributed by atoms with van der Waals surface area (Å²) in [6, 6.07) is 0. The molecule has 1 N–H and O–H groups in total. The Morgan fingerprint density at radius 2 is 1.50 bits per heavy atom.